The number of rotatable bonds is 6. The van der Waals surface area contributed by atoms with E-state index in [0.717, 1.165) is 28.1 Å². The molecule has 0 amide bonds. The van der Waals surface area contributed by atoms with Gasteiger partial charge in [-0.25, -0.2) is 4.98 Å². The Morgan fingerprint density at radius 1 is 1.33 bits per heavy atom. The fraction of sp³-hybridized carbons (Fsp3) is 0.353. The van der Waals surface area contributed by atoms with Crippen molar-refractivity contribution in [3.63, 3.8) is 0 Å². The summed E-state index contributed by atoms with van der Waals surface area (Å²) >= 11 is 4.82. The first-order chi connectivity index (χ1) is 13.2. The molecule has 1 fully saturated rings. The van der Waals surface area contributed by atoms with Gasteiger partial charge in [0.15, 0.2) is 5.16 Å². The van der Waals surface area contributed by atoms with Crippen LogP contribution in [-0.4, -0.2) is 29.4 Å². The molecule has 0 saturated heterocycles. The number of thioether (sulfide) groups is 1. The van der Waals surface area contributed by atoms with Crippen LogP contribution in [0.15, 0.2) is 33.5 Å². The molecule has 138 valence electrons. The Bertz CT molecular complexity index is 1160. The second kappa shape index (κ2) is 6.84. The molecule has 0 N–H and O–H groups in total. The van der Waals surface area contributed by atoms with Crippen molar-refractivity contribution in [3.8, 4) is 0 Å². The number of aryl methyl sites for hydroxylation is 1. The van der Waals surface area contributed by atoms with Crippen LogP contribution in [0.25, 0.3) is 4.96 Å². The van der Waals surface area contributed by atoms with Gasteiger partial charge >= 0.3 is 0 Å². The molecular weight excluding hydrogens is 400 g/mol. The van der Waals surface area contributed by atoms with Crippen LogP contribution in [0.4, 0.5) is 0 Å². The first kappa shape index (κ1) is 17.1. The second-order valence-electron chi connectivity index (χ2n) is 6.47. The van der Waals surface area contributed by atoms with Crippen molar-refractivity contribution < 1.29 is 0 Å². The number of fused-ring (bicyclic) bond motifs is 1. The molecule has 1 aliphatic rings. The number of thiophene rings is 1. The van der Waals surface area contributed by atoms with Gasteiger partial charge in [-0.05, 0) is 31.2 Å². The standard InChI is InChI=1S/C17H16N6OS3/c1-10-7-15(24)23-16(18-10)27-14(21-23)9-26-17-20-19-13(22(17)11-4-5-11)8-12-3-2-6-25-12/h2-3,6-7,11H,4-5,8-9H2,1H3. The fourth-order valence-corrected chi connectivity index (χ4v) is 5.60. The number of aromatic nitrogens is 6. The van der Waals surface area contributed by atoms with Gasteiger partial charge in [-0.15, -0.1) is 21.5 Å². The number of hydrogen-bond acceptors (Lipinski definition) is 8. The summed E-state index contributed by atoms with van der Waals surface area (Å²) in [6.45, 7) is 1.82. The molecule has 0 aromatic carbocycles. The van der Waals surface area contributed by atoms with E-state index in [9.17, 15) is 4.79 Å². The van der Waals surface area contributed by atoms with Crippen molar-refractivity contribution >= 4 is 39.4 Å². The molecule has 0 unspecified atom stereocenters. The molecule has 0 aliphatic heterocycles. The van der Waals surface area contributed by atoms with Gasteiger partial charge in [0.05, 0.1) is 5.75 Å². The topological polar surface area (TPSA) is 78.0 Å². The van der Waals surface area contributed by atoms with E-state index in [0.29, 0.717) is 16.8 Å². The lowest BCUT2D eigenvalue weighted by molar-refractivity contribution is 0.635. The van der Waals surface area contributed by atoms with Crippen molar-refractivity contribution in [2.75, 3.05) is 0 Å². The van der Waals surface area contributed by atoms with Gasteiger partial charge in [0.25, 0.3) is 5.56 Å². The minimum atomic E-state index is -0.135. The van der Waals surface area contributed by atoms with E-state index in [-0.39, 0.29) is 5.56 Å². The minimum Gasteiger partial charge on any atom is -0.303 e. The minimum absolute atomic E-state index is 0.135. The van der Waals surface area contributed by atoms with Gasteiger partial charge < -0.3 is 4.57 Å². The Labute approximate surface area is 167 Å². The van der Waals surface area contributed by atoms with Crippen molar-refractivity contribution in [2.24, 2.45) is 0 Å². The number of hydrogen-bond donors (Lipinski definition) is 0. The first-order valence-corrected chi connectivity index (χ1v) is 11.3. The largest absolute Gasteiger partial charge is 0.303 e. The average Bonchev–Trinajstić information content (AvgIpc) is 3.05. The quantitative estimate of drug-likeness (QED) is 0.449. The number of nitrogens with zero attached hydrogens (tertiary/aromatic N) is 6. The Kier molecular flexibility index (Phi) is 4.33. The molecule has 1 aliphatic carbocycles. The molecule has 7 nitrogen and oxygen atoms in total. The molecule has 5 rings (SSSR count). The van der Waals surface area contributed by atoms with Crippen molar-refractivity contribution in [3.05, 3.63) is 55.3 Å². The zero-order chi connectivity index (χ0) is 18.4. The predicted molar refractivity (Wildman–Crippen MR) is 107 cm³/mol. The van der Waals surface area contributed by atoms with E-state index >= 15 is 0 Å². The maximum Gasteiger partial charge on any atom is 0.275 e. The summed E-state index contributed by atoms with van der Waals surface area (Å²) in [5, 5.41) is 17.2. The Hall–Kier alpha value is -2.04. The molecule has 27 heavy (non-hydrogen) atoms. The second-order valence-corrected chi connectivity index (χ2v) is 9.49. The third-order valence-electron chi connectivity index (χ3n) is 4.30. The average molecular weight is 417 g/mol. The Balaban J connectivity index is 1.39. The highest BCUT2D eigenvalue weighted by Gasteiger charge is 2.29. The van der Waals surface area contributed by atoms with Crippen molar-refractivity contribution in [1.82, 2.24) is 29.4 Å². The highest BCUT2D eigenvalue weighted by molar-refractivity contribution is 7.98. The molecule has 1 saturated carbocycles. The lowest BCUT2D eigenvalue weighted by Gasteiger charge is -2.07. The molecule has 0 bridgehead atoms. The van der Waals surface area contributed by atoms with Crippen LogP contribution in [0, 0.1) is 6.92 Å². The van der Waals surface area contributed by atoms with Crippen molar-refractivity contribution in [2.45, 2.75) is 43.1 Å². The van der Waals surface area contributed by atoms with Crippen LogP contribution < -0.4 is 5.56 Å². The molecule has 0 radical (unpaired) electrons. The maximum atomic E-state index is 12.0. The van der Waals surface area contributed by atoms with Crippen LogP contribution in [0.1, 0.15) is 40.3 Å². The van der Waals surface area contributed by atoms with Crippen LogP contribution in [0.2, 0.25) is 0 Å². The Morgan fingerprint density at radius 2 is 2.22 bits per heavy atom. The molecule has 10 heteroatoms. The van der Waals surface area contributed by atoms with E-state index in [1.54, 1.807) is 23.1 Å². The van der Waals surface area contributed by atoms with Gasteiger partial charge in [-0.3, -0.25) is 4.79 Å². The van der Waals surface area contributed by atoms with Gasteiger partial charge in [-0.2, -0.15) is 9.61 Å². The van der Waals surface area contributed by atoms with E-state index < -0.39 is 0 Å². The zero-order valence-corrected chi connectivity index (χ0v) is 17.0. The van der Waals surface area contributed by atoms with E-state index in [1.165, 1.54) is 39.6 Å². The lowest BCUT2D eigenvalue weighted by atomic mass is 10.3. The van der Waals surface area contributed by atoms with E-state index in [4.69, 9.17) is 0 Å². The third kappa shape index (κ3) is 3.44. The SMILES string of the molecule is Cc1cc(=O)n2nc(CSc3nnc(Cc4cccs4)n3C3CC3)sc2n1. The lowest BCUT2D eigenvalue weighted by Crippen LogP contribution is -2.14. The van der Waals surface area contributed by atoms with Crippen LogP contribution in [0.5, 0.6) is 0 Å². The molecule has 4 aromatic heterocycles. The van der Waals surface area contributed by atoms with Crippen molar-refractivity contribution in [1.29, 1.82) is 0 Å². The summed E-state index contributed by atoms with van der Waals surface area (Å²) in [6, 6.07) is 6.22. The zero-order valence-electron chi connectivity index (χ0n) is 14.5. The molecule has 4 aromatic rings. The van der Waals surface area contributed by atoms with Gasteiger partial charge in [0, 0.05) is 29.1 Å². The van der Waals surface area contributed by atoms with E-state index in [1.807, 2.05) is 6.92 Å². The van der Waals surface area contributed by atoms with Gasteiger partial charge in [0.1, 0.15) is 10.8 Å². The molecule has 0 spiro atoms. The molecule has 4 heterocycles. The van der Waals surface area contributed by atoms with Crippen LogP contribution in [-0.2, 0) is 12.2 Å². The highest BCUT2D eigenvalue weighted by atomic mass is 32.2. The summed E-state index contributed by atoms with van der Waals surface area (Å²) in [6.07, 6.45) is 3.19. The van der Waals surface area contributed by atoms with E-state index in [2.05, 4.69) is 42.4 Å². The summed E-state index contributed by atoms with van der Waals surface area (Å²) in [7, 11) is 0. The highest BCUT2D eigenvalue weighted by Crippen LogP contribution is 2.40. The monoisotopic (exact) mass is 416 g/mol. The third-order valence-corrected chi connectivity index (χ3v) is 7.22. The summed E-state index contributed by atoms with van der Waals surface area (Å²) in [5.74, 6) is 1.68. The molecular formula is C17H16N6OS3. The maximum absolute atomic E-state index is 12.0. The fourth-order valence-electron chi connectivity index (χ4n) is 2.94. The van der Waals surface area contributed by atoms with Gasteiger partial charge in [-0.1, -0.05) is 29.2 Å². The Morgan fingerprint density at radius 3 is 3.00 bits per heavy atom. The smallest absolute Gasteiger partial charge is 0.275 e. The molecule has 0 atom stereocenters. The normalized spacial score (nSPS) is 14.3. The predicted octanol–water partition coefficient (Wildman–Crippen LogP) is 3.33. The van der Waals surface area contributed by atoms with Crippen LogP contribution >= 0.6 is 34.4 Å². The van der Waals surface area contributed by atoms with Crippen LogP contribution in [0.3, 0.4) is 0 Å². The summed E-state index contributed by atoms with van der Waals surface area (Å²) < 4.78 is 3.66. The first-order valence-electron chi connectivity index (χ1n) is 8.63. The summed E-state index contributed by atoms with van der Waals surface area (Å²) in [4.78, 5) is 18.4. The van der Waals surface area contributed by atoms with Gasteiger partial charge in [0.2, 0.25) is 4.96 Å². The summed E-state index contributed by atoms with van der Waals surface area (Å²) in [5.41, 5.74) is 0.582.